The quantitative estimate of drug-likeness (QED) is 0.600. The first-order chi connectivity index (χ1) is 11.3. The van der Waals surface area contributed by atoms with Gasteiger partial charge in [0.25, 0.3) is 0 Å². The normalized spacial score (nSPS) is 10.1. The van der Waals surface area contributed by atoms with Crippen LogP contribution in [0, 0.1) is 19.3 Å². The maximum atomic E-state index is 6.04. The van der Waals surface area contributed by atoms with Crippen LogP contribution in [0.1, 0.15) is 16.7 Å². The Kier molecular flexibility index (Phi) is 4.45. The first kappa shape index (κ1) is 14.9. The average Bonchev–Trinajstić information content (AvgIpc) is 2.60. The number of para-hydroxylation sites is 1. The monoisotopic (exact) mass is 298 g/mol. The molecule has 3 aromatic carbocycles. The molecule has 0 saturated carbocycles. The second-order valence-electron chi connectivity index (χ2n) is 5.50. The van der Waals surface area contributed by atoms with E-state index in [9.17, 15) is 0 Å². The number of rotatable bonds is 4. The zero-order valence-electron chi connectivity index (χ0n) is 13.1. The number of terminal acetylenes is 1. The molecule has 0 fully saturated rings. The van der Waals surface area contributed by atoms with E-state index in [0.29, 0.717) is 6.61 Å². The van der Waals surface area contributed by atoms with Gasteiger partial charge in [0.05, 0.1) is 0 Å². The fourth-order valence-corrected chi connectivity index (χ4v) is 2.59. The van der Waals surface area contributed by atoms with Crippen LogP contribution in [0.3, 0.4) is 0 Å². The highest BCUT2D eigenvalue weighted by molar-refractivity contribution is 5.72. The van der Waals surface area contributed by atoms with Crippen molar-refractivity contribution in [2.75, 3.05) is 0 Å². The molecule has 0 amide bonds. The Morgan fingerprint density at radius 1 is 0.913 bits per heavy atom. The molecule has 0 aliphatic carbocycles. The summed E-state index contributed by atoms with van der Waals surface area (Å²) in [5.41, 5.74) is 5.33. The van der Waals surface area contributed by atoms with Crippen LogP contribution in [0.2, 0.25) is 0 Å². The third-order valence-electron chi connectivity index (χ3n) is 3.68. The molecule has 0 aromatic heterocycles. The molecular formula is C22H18O. The van der Waals surface area contributed by atoms with Crippen LogP contribution < -0.4 is 4.74 Å². The minimum Gasteiger partial charge on any atom is -0.488 e. The molecule has 0 heterocycles. The van der Waals surface area contributed by atoms with Gasteiger partial charge in [0.15, 0.2) is 0 Å². The van der Waals surface area contributed by atoms with E-state index < -0.39 is 0 Å². The van der Waals surface area contributed by atoms with Crippen LogP contribution in [0.4, 0.5) is 0 Å². The van der Waals surface area contributed by atoms with Crippen molar-refractivity contribution in [3.05, 3.63) is 89.5 Å². The van der Waals surface area contributed by atoms with Gasteiger partial charge < -0.3 is 4.74 Å². The number of ether oxygens (including phenoxy) is 1. The molecule has 0 aliphatic heterocycles. The van der Waals surface area contributed by atoms with E-state index in [1.807, 2.05) is 48.5 Å². The number of hydrogen-bond acceptors (Lipinski definition) is 1. The van der Waals surface area contributed by atoms with Gasteiger partial charge in [-0.3, -0.25) is 0 Å². The summed E-state index contributed by atoms with van der Waals surface area (Å²) in [6.07, 6.45) is 5.56. The number of benzene rings is 3. The van der Waals surface area contributed by atoms with Crippen LogP contribution >= 0.6 is 0 Å². The smallest absolute Gasteiger partial charge is 0.127 e. The Morgan fingerprint density at radius 2 is 1.65 bits per heavy atom. The van der Waals surface area contributed by atoms with Crippen molar-refractivity contribution in [2.24, 2.45) is 0 Å². The molecule has 0 N–H and O–H groups in total. The molecule has 0 bridgehead atoms. The Balaban J connectivity index is 1.92. The van der Waals surface area contributed by atoms with Crippen molar-refractivity contribution >= 4 is 0 Å². The summed E-state index contributed by atoms with van der Waals surface area (Å²) in [7, 11) is 0. The molecule has 0 saturated heterocycles. The van der Waals surface area contributed by atoms with Gasteiger partial charge in [-0.1, -0.05) is 60.5 Å². The van der Waals surface area contributed by atoms with E-state index >= 15 is 0 Å². The second kappa shape index (κ2) is 6.85. The first-order valence-corrected chi connectivity index (χ1v) is 7.61. The standard InChI is InChI=1S/C22H18O/c1-3-18-13-17(2)14-20(15-18)21-11-7-8-12-22(21)23-16-19-9-5-4-6-10-19/h1,4-15H,16H2,2H3. The Bertz CT molecular complexity index is 841. The topological polar surface area (TPSA) is 9.23 Å². The van der Waals surface area contributed by atoms with E-state index in [1.54, 1.807) is 0 Å². The molecule has 23 heavy (non-hydrogen) atoms. The maximum Gasteiger partial charge on any atom is 0.127 e. The van der Waals surface area contributed by atoms with E-state index in [1.165, 1.54) is 0 Å². The maximum absolute atomic E-state index is 6.04. The molecule has 3 aromatic rings. The molecule has 0 unspecified atom stereocenters. The molecule has 0 radical (unpaired) electrons. The SMILES string of the molecule is C#Cc1cc(C)cc(-c2ccccc2OCc2ccccc2)c1. The van der Waals surface area contributed by atoms with Gasteiger partial charge in [-0.15, -0.1) is 6.42 Å². The van der Waals surface area contributed by atoms with E-state index in [-0.39, 0.29) is 0 Å². The highest BCUT2D eigenvalue weighted by atomic mass is 16.5. The van der Waals surface area contributed by atoms with Crippen LogP contribution in [0.5, 0.6) is 5.75 Å². The lowest BCUT2D eigenvalue weighted by molar-refractivity contribution is 0.307. The molecule has 0 spiro atoms. The van der Waals surface area contributed by atoms with Gasteiger partial charge in [-0.05, 0) is 41.8 Å². The van der Waals surface area contributed by atoms with Gasteiger partial charge >= 0.3 is 0 Å². The molecular weight excluding hydrogens is 280 g/mol. The Hall–Kier alpha value is -2.98. The summed E-state index contributed by atoms with van der Waals surface area (Å²) in [5, 5.41) is 0. The number of aryl methyl sites for hydroxylation is 1. The lowest BCUT2D eigenvalue weighted by atomic mass is 10.00. The van der Waals surface area contributed by atoms with Gasteiger partial charge in [0, 0.05) is 11.1 Å². The predicted octanol–water partition coefficient (Wildman–Crippen LogP) is 5.22. The summed E-state index contributed by atoms with van der Waals surface area (Å²) >= 11 is 0. The third kappa shape index (κ3) is 3.62. The van der Waals surface area contributed by atoms with Gasteiger partial charge in [-0.25, -0.2) is 0 Å². The lowest BCUT2D eigenvalue weighted by Crippen LogP contribution is -1.97. The van der Waals surface area contributed by atoms with Crippen LogP contribution in [-0.4, -0.2) is 0 Å². The largest absolute Gasteiger partial charge is 0.488 e. The highest BCUT2D eigenvalue weighted by Gasteiger charge is 2.07. The Morgan fingerprint density at radius 3 is 2.43 bits per heavy atom. The molecule has 0 aliphatic rings. The van der Waals surface area contributed by atoms with Crippen molar-refractivity contribution in [3.63, 3.8) is 0 Å². The van der Waals surface area contributed by atoms with Crippen molar-refractivity contribution in [1.82, 2.24) is 0 Å². The lowest BCUT2D eigenvalue weighted by Gasteiger charge is -2.13. The summed E-state index contributed by atoms with van der Waals surface area (Å²) in [4.78, 5) is 0. The minimum absolute atomic E-state index is 0.547. The zero-order chi connectivity index (χ0) is 16.1. The van der Waals surface area contributed by atoms with Crippen LogP contribution in [-0.2, 0) is 6.61 Å². The van der Waals surface area contributed by atoms with Crippen molar-refractivity contribution < 1.29 is 4.74 Å². The van der Waals surface area contributed by atoms with Crippen molar-refractivity contribution in [3.8, 4) is 29.2 Å². The minimum atomic E-state index is 0.547. The van der Waals surface area contributed by atoms with Crippen molar-refractivity contribution in [2.45, 2.75) is 13.5 Å². The fourth-order valence-electron chi connectivity index (χ4n) is 2.59. The van der Waals surface area contributed by atoms with Crippen molar-refractivity contribution in [1.29, 1.82) is 0 Å². The van der Waals surface area contributed by atoms with Crippen LogP contribution in [0.15, 0.2) is 72.8 Å². The molecule has 1 nitrogen and oxygen atoms in total. The third-order valence-corrected chi connectivity index (χ3v) is 3.68. The van der Waals surface area contributed by atoms with Gasteiger partial charge in [-0.2, -0.15) is 0 Å². The summed E-state index contributed by atoms with van der Waals surface area (Å²) < 4.78 is 6.04. The second-order valence-corrected chi connectivity index (χ2v) is 5.50. The highest BCUT2D eigenvalue weighted by Crippen LogP contribution is 2.31. The zero-order valence-corrected chi connectivity index (χ0v) is 13.1. The fraction of sp³-hybridized carbons (Fsp3) is 0.0909. The molecule has 0 atom stereocenters. The summed E-state index contributed by atoms with van der Waals surface area (Å²) in [6, 6.07) is 24.4. The van der Waals surface area contributed by atoms with Gasteiger partial charge in [0.1, 0.15) is 12.4 Å². The molecule has 3 rings (SSSR count). The van der Waals surface area contributed by atoms with E-state index in [0.717, 1.165) is 33.6 Å². The molecule has 1 heteroatoms. The van der Waals surface area contributed by atoms with Crippen LogP contribution in [0.25, 0.3) is 11.1 Å². The van der Waals surface area contributed by atoms with E-state index in [2.05, 4.69) is 37.1 Å². The number of hydrogen-bond donors (Lipinski definition) is 0. The average molecular weight is 298 g/mol. The molecule has 112 valence electrons. The Labute approximate surface area is 137 Å². The predicted molar refractivity (Wildman–Crippen MR) is 95.3 cm³/mol. The van der Waals surface area contributed by atoms with Gasteiger partial charge in [0.2, 0.25) is 0 Å². The van der Waals surface area contributed by atoms with E-state index in [4.69, 9.17) is 11.2 Å². The summed E-state index contributed by atoms with van der Waals surface area (Å²) in [5.74, 6) is 3.58. The first-order valence-electron chi connectivity index (χ1n) is 7.61. The summed E-state index contributed by atoms with van der Waals surface area (Å²) in [6.45, 7) is 2.60.